The van der Waals surface area contributed by atoms with E-state index in [0.29, 0.717) is 23.6 Å². The van der Waals surface area contributed by atoms with Gasteiger partial charge in [0, 0.05) is 6.54 Å². The van der Waals surface area contributed by atoms with Gasteiger partial charge in [-0.1, -0.05) is 30.3 Å². The van der Waals surface area contributed by atoms with Crippen LogP contribution in [0.15, 0.2) is 40.8 Å². The monoisotopic (exact) mass is 301 g/mol. The van der Waals surface area contributed by atoms with E-state index in [4.69, 9.17) is 4.42 Å². The number of furan rings is 1. The Hall–Kier alpha value is -2.76. The first-order valence-electron chi connectivity index (χ1n) is 7.01. The number of carbonyl (C=O) groups excluding carboxylic acids is 2. The molecule has 2 aromatic rings. The average molecular weight is 301 g/mol. The fraction of sp³-hybridized carbons (Fsp3) is 0.250. The maximum absolute atomic E-state index is 11.9. The number of rotatable bonds is 4. The summed E-state index contributed by atoms with van der Waals surface area (Å²) in [7, 11) is 0. The number of carbonyl (C=O) groups is 2. The predicted octanol–water partition coefficient (Wildman–Crippen LogP) is 2.08. The topological polar surface area (TPSA) is 83.4 Å². The van der Waals surface area contributed by atoms with Crippen molar-refractivity contribution in [3.63, 3.8) is 0 Å². The van der Waals surface area contributed by atoms with E-state index in [0.717, 1.165) is 12.0 Å². The second-order valence-electron chi connectivity index (χ2n) is 4.90. The third-order valence-electron chi connectivity index (χ3n) is 3.12. The highest BCUT2D eigenvalue weighted by Crippen LogP contribution is 2.12. The Morgan fingerprint density at radius 1 is 1.09 bits per heavy atom. The van der Waals surface area contributed by atoms with Crippen LogP contribution in [0.25, 0.3) is 0 Å². The zero-order chi connectivity index (χ0) is 15.9. The van der Waals surface area contributed by atoms with Gasteiger partial charge in [-0.15, -0.1) is 0 Å². The van der Waals surface area contributed by atoms with Gasteiger partial charge in [0.1, 0.15) is 11.5 Å². The molecule has 6 heteroatoms. The zero-order valence-electron chi connectivity index (χ0n) is 12.6. The van der Waals surface area contributed by atoms with E-state index in [1.54, 1.807) is 19.9 Å². The van der Waals surface area contributed by atoms with Crippen LogP contribution in [0.1, 0.15) is 27.4 Å². The molecule has 2 rings (SSSR count). The molecule has 1 heterocycles. The number of nitrogens with one attached hydrogen (secondary N) is 3. The van der Waals surface area contributed by atoms with Gasteiger partial charge in [0.2, 0.25) is 0 Å². The molecule has 1 aromatic carbocycles. The summed E-state index contributed by atoms with van der Waals surface area (Å²) in [6, 6.07) is 11.0. The zero-order valence-corrected chi connectivity index (χ0v) is 12.6. The molecule has 1 aromatic heterocycles. The fourth-order valence-corrected chi connectivity index (χ4v) is 2.05. The highest BCUT2D eigenvalue weighted by Gasteiger charge is 2.13. The van der Waals surface area contributed by atoms with Crippen LogP contribution in [0.2, 0.25) is 0 Å². The number of urea groups is 1. The van der Waals surface area contributed by atoms with Crippen LogP contribution >= 0.6 is 0 Å². The minimum atomic E-state index is -0.456. The molecule has 0 fully saturated rings. The summed E-state index contributed by atoms with van der Waals surface area (Å²) in [6.45, 7) is 3.94. The second kappa shape index (κ2) is 7.31. The Kier molecular flexibility index (Phi) is 5.19. The Morgan fingerprint density at radius 3 is 2.45 bits per heavy atom. The van der Waals surface area contributed by atoms with E-state index in [9.17, 15) is 9.59 Å². The molecule has 0 saturated heterocycles. The number of hydrogen-bond donors (Lipinski definition) is 3. The first-order valence-corrected chi connectivity index (χ1v) is 7.01. The molecule has 6 nitrogen and oxygen atoms in total. The van der Waals surface area contributed by atoms with Crippen molar-refractivity contribution in [1.29, 1.82) is 0 Å². The van der Waals surface area contributed by atoms with Crippen LogP contribution < -0.4 is 16.2 Å². The number of amides is 3. The normalized spacial score (nSPS) is 10.1. The molecule has 3 amide bonds. The molecule has 0 aliphatic heterocycles. The average Bonchev–Trinajstić information content (AvgIpc) is 2.84. The first-order chi connectivity index (χ1) is 10.6. The number of hydrogen-bond acceptors (Lipinski definition) is 3. The van der Waals surface area contributed by atoms with Gasteiger partial charge in [-0.3, -0.25) is 10.2 Å². The van der Waals surface area contributed by atoms with E-state index >= 15 is 0 Å². The third-order valence-corrected chi connectivity index (χ3v) is 3.12. The smallest absolute Gasteiger partial charge is 0.333 e. The number of hydrazine groups is 1. The van der Waals surface area contributed by atoms with Gasteiger partial charge in [-0.25, -0.2) is 10.2 Å². The Balaban J connectivity index is 1.71. The molecular weight excluding hydrogens is 282 g/mol. The largest absolute Gasteiger partial charge is 0.466 e. The summed E-state index contributed by atoms with van der Waals surface area (Å²) >= 11 is 0. The van der Waals surface area contributed by atoms with E-state index in [-0.39, 0.29) is 0 Å². The molecule has 22 heavy (non-hydrogen) atoms. The van der Waals surface area contributed by atoms with Crippen LogP contribution in [0, 0.1) is 13.8 Å². The molecule has 0 spiro atoms. The molecule has 0 bridgehead atoms. The van der Waals surface area contributed by atoms with Gasteiger partial charge in [0.25, 0.3) is 5.91 Å². The van der Waals surface area contributed by atoms with Crippen LogP contribution in [0.3, 0.4) is 0 Å². The van der Waals surface area contributed by atoms with Crippen LogP contribution in [-0.2, 0) is 6.42 Å². The van der Waals surface area contributed by atoms with Crippen LogP contribution in [-0.4, -0.2) is 18.5 Å². The second-order valence-corrected chi connectivity index (χ2v) is 4.90. The molecule has 0 aliphatic carbocycles. The molecule has 116 valence electrons. The van der Waals surface area contributed by atoms with Crippen molar-refractivity contribution < 1.29 is 14.0 Å². The molecule has 0 saturated carbocycles. The SMILES string of the molecule is Cc1cc(C(=O)NNC(=O)NCCc2ccccc2)c(C)o1. The molecular formula is C16H19N3O3. The lowest BCUT2D eigenvalue weighted by Crippen LogP contribution is -2.47. The Labute approximate surface area is 128 Å². The van der Waals surface area contributed by atoms with E-state index in [2.05, 4.69) is 16.2 Å². The van der Waals surface area contributed by atoms with Gasteiger partial charge in [0.05, 0.1) is 5.56 Å². The molecule has 0 radical (unpaired) electrons. The van der Waals surface area contributed by atoms with Crippen molar-refractivity contribution in [3.8, 4) is 0 Å². The minimum Gasteiger partial charge on any atom is -0.466 e. The summed E-state index contributed by atoms with van der Waals surface area (Å²) in [5, 5.41) is 2.67. The Morgan fingerprint density at radius 2 is 1.82 bits per heavy atom. The van der Waals surface area contributed by atoms with Gasteiger partial charge in [-0.2, -0.15) is 0 Å². The van der Waals surface area contributed by atoms with Gasteiger partial charge in [0.15, 0.2) is 0 Å². The lowest BCUT2D eigenvalue weighted by atomic mass is 10.1. The van der Waals surface area contributed by atoms with Crippen LogP contribution in [0.4, 0.5) is 4.79 Å². The fourth-order valence-electron chi connectivity index (χ4n) is 2.05. The summed E-state index contributed by atoms with van der Waals surface area (Å²) < 4.78 is 5.27. The van der Waals surface area contributed by atoms with Gasteiger partial charge < -0.3 is 9.73 Å². The summed E-state index contributed by atoms with van der Waals surface area (Å²) in [5.74, 6) is 0.754. The summed E-state index contributed by atoms with van der Waals surface area (Å²) in [6.07, 6.45) is 0.724. The van der Waals surface area contributed by atoms with E-state index in [1.807, 2.05) is 30.3 Å². The quantitative estimate of drug-likeness (QED) is 0.756. The predicted molar refractivity (Wildman–Crippen MR) is 82.3 cm³/mol. The van der Waals surface area contributed by atoms with Crippen molar-refractivity contribution in [2.45, 2.75) is 20.3 Å². The van der Waals surface area contributed by atoms with Crippen molar-refractivity contribution in [2.24, 2.45) is 0 Å². The maximum atomic E-state index is 11.9. The van der Waals surface area contributed by atoms with E-state index < -0.39 is 11.9 Å². The lowest BCUT2D eigenvalue weighted by Gasteiger charge is -2.08. The maximum Gasteiger partial charge on any atom is 0.333 e. The Bertz CT molecular complexity index is 650. The number of benzene rings is 1. The molecule has 0 atom stereocenters. The number of aryl methyl sites for hydroxylation is 2. The summed E-state index contributed by atoms with van der Waals surface area (Å²) in [4.78, 5) is 23.5. The lowest BCUT2D eigenvalue weighted by molar-refractivity contribution is 0.0934. The van der Waals surface area contributed by atoms with Crippen LogP contribution in [0.5, 0.6) is 0 Å². The standard InChI is InChI=1S/C16H19N3O3/c1-11-10-14(12(2)22-11)15(20)18-19-16(21)17-9-8-13-6-4-3-5-7-13/h3-7,10H,8-9H2,1-2H3,(H,18,20)(H2,17,19,21). The minimum absolute atomic E-state index is 0.405. The highest BCUT2D eigenvalue weighted by molar-refractivity contribution is 5.96. The summed E-state index contributed by atoms with van der Waals surface area (Å²) in [5.41, 5.74) is 6.19. The molecule has 0 unspecified atom stereocenters. The third kappa shape index (κ3) is 4.37. The van der Waals surface area contributed by atoms with Crippen molar-refractivity contribution in [2.75, 3.05) is 6.54 Å². The van der Waals surface area contributed by atoms with Gasteiger partial charge in [-0.05, 0) is 31.9 Å². The molecule has 0 aliphatic rings. The van der Waals surface area contributed by atoms with E-state index in [1.165, 1.54) is 0 Å². The highest BCUT2D eigenvalue weighted by atomic mass is 16.3. The molecule has 3 N–H and O–H groups in total. The van der Waals surface area contributed by atoms with Crippen molar-refractivity contribution in [3.05, 3.63) is 59.0 Å². The van der Waals surface area contributed by atoms with Crippen molar-refractivity contribution >= 4 is 11.9 Å². The van der Waals surface area contributed by atoms with Crippen molar-refractivity contribution in [1.82, 2.24) is 16.2 Å². The van der Waals surface area contributed by atoms with Gasteiger partial charge >= 0.3 is 6.03 Å². The first kappa shape index (κ1) is 15.6.